The summed E-state index contributed by atoms with van der Waals surface area (Å²) in [6.45, 7) is 1.88. The number of nitrogens with zero attached hydrogens (tertiary/aromatic N) is 2. The summed E-state index contributed by atoms with van der Waals surface area (Å²) >= 11 is 3.33. The van der Waals surface area contributed by atoms with Gasteiger partial charge >= 0.3 is 0 Å². The van der Waals surface area contributed by atoms with Crippen LogP contribution in [0, 0.1) is 6.92 Å². The Kier molecular flexibility index (Phi) is 3.02. The number of primary sulfonamides is 1. The van der Waals surface area contributed by atoms with E-state index < -0.39 is 10.0 Å². The molecule has 0 spiro atoms. The van der Waals surface area contributed by atoms with Crippen molar-refractivity contribution in [2.24, 2.45) is 5.14 Å². The molecule has 17 heavy (non-hydrogen) atoms. The minimum Gasteiger partial charge on any atom is -0.248 e. The predicted octanol–water partition coefficient (Wildman–Crippen LogP) is 1.19. The van der Waals surface area contributed by atoms with Gasteiger partial charge in [-0.3, -0.25) is 0 Å². The number of halogens is 1. The number of nitrogens with two attached hydrogens (primary N) is 1. The number of aryl methyl sites for hydroxylation is 1. The van der Waals surface area contributed by atoms with Crippen molar-refractivity contribution in [2.75, 3.05) is 0 Å². The lowest BCUT2D eigenvalue weighted by Crippen LogP contribution is -2.13. The maximum atomic E-state index is 11.1. The summed E-state index contributed by atoms with van der Waals surface area (Å²) in [5.41, 5.74) is 1.68. The molecule has 1 aromatic carbocycles. The van der Waals surface area contributed by atoms with Crippen LogP contribution in [0.3, 0.4) is 0 Å². The molecule has 0 atom stereocenters. The largest absolute Gasteiger partial charge is 0.273 e. The molecule has 0 fully saturated rings. The Morgan fingerprint density at radius 1 is 1.41 bits per heavy atom. The Morgan fingerprint density at radius 3 is 2.71 bits per heavy atom. The second-order valence-corrected chi connectivity index (χ2v) is 5.86. The molecule has 2 aromatic rings. The zero-order valence-corrected chi connectivity index (χ0v) is 11.2. The fourth-order valence-corrected chi connectivity index (χ4v) is 2.08. The lowest BCUT2D eigenvalue weighted by molar-refractivity contribution is 0.589. The van der Waals surface area contributed by atoms with Crippen LogP contribution in [0.25, 0.3) is 11.4 Å². The lowest BCUT2D eigenvalue weighted by Gasteiger charge is -2.01. The van der Waals surface area contributed by atoms with E-state index in [0.29, 0.717) is 5.82 Å². The van der Waals surface area contributed by atoms with Crippen molar-refractivity contribution in [2.45, 2.75) is 12.1 Å². The lowest BCUT2D eigenvalue weighted by atomic mass is 10.1. The molecule has 0 saturated carbocycles. The minimum atomic E-state index is -3.85. The Morgan fingerprint density at radius 2 is 2.12 bits per heavy atom. The third kappa shape index (κ3) is 2.54. The van der Waals surface area contributed by atoms with E-state index in [1.54, 1.807) is 0 Å². The highest BCUT2D eigenvalue weighted by Gasteiger charge is 2.16. The summed E-state index contributed by atoms with van der Waals surface area (Å²) in [6, 6.07) is 5.57. The molecule has 1 heterocycles. The maximum absolute atomic E-state index is 11.1. The molecule has 0 unspecified atom stereocenters. The molecule has 0 bridgehead atoms. The summed E-state index contributed by atoms with van der Waals surface area (Å²) in [6.07, 6.45) is 0. The maximum Gasteiger partial charge on any atom is 0.273 e. The quantitative estimate of drug-likeness (QED) is 0.868. The fourth-order valence-electron chi connectivity index (χ4n) is 1.33. The molecule has 8 heteroatoms. The Labute approximate surface area is 106 Å². The topological polar surface area (TPSA) is 102 Å². The van der Waals surface area contributed by atoms with Crippen LogP contribution in [-0.2, 0) is 10.0 Å². The standard InChI is InChI=1S/C9H9BrN4O2S/c1-5-2-3-6(10)4-7(5)8-12-9(14-13-8)17(11,15)16/h2-4H,1H3,(H2,11,15,16)(H,12,13,14). The Bertz CT molecular complexity index is 665. The smallest absolute Gasteiger partial charge is 0.248 e. The normalized spacial score (nSPS) is 11.7. The zero-order chi connectivity index (χ0) is 12.6. The summed E-state index contributed by atoms with van der Waals surface area (Å²) < 4.78 is 23.0. The average Bonchev–Trinajstić information content (AvgIpc) is 2.70. The average molecular weight is 317 g/mol. The van der Waals surface area contributed by atoms with E-state index in [1.165, 1.54) is 0 Å². The number of nitrogens with one attached hydrogen (secondary N) is 1. The number of aromatic amines is 1. The van der Waals surface area contributed by atoms with Gasteiger partial charge in [0, 0.05) is 10.0 Å². The summed E-state index contributed by atoms with van der Waals surface area (Å²) in [5, 5.41) is 10.7. The second-order valence-electron chi connectivity index (χ2n) is 3.47. The van der Waals surface area contributed by atoms with Gasteiger partial charge in [0.05, 0.1) is 0 Å². The summed E-state index contributed by atoms with van der Waals surface area (Å²) in [7, 11) is -3.85. The molecule has 0 saturated heterocycles. The van der Waals surface area contributed by atoms with Crippen molar-refractivity contribution >= 4 is 26.0 Å². The number of benzene rings is 1. The van der Waals surface area contributed by atoms with E-state index in [1.807, 2.05) is 25.1 Å². The molecule has 0 amide bonds. The van der Waals surface area contributed by atoms with Crippen molar-refractivity contribution < 1.29 is 8.42 Å². The van der Waals surface area contributed by atoms with Crippen LogP contribution in [0.5, 0.6) is 0 Å². The Balaban J connectivity index is 2.55. The van der Waals surface area contributed by atoms with Crippen LogP contribution >= 0.6 is 15.9 Å². The first-order valence-corrected chi connectivity index (χ1v) is 6.93. The van der Waals surface area contributed by atoms with Crippen molar-refractivity contribution in [1.29, 1.82) is 0 Å². The van der Waals surface area contributed by atoms with Gasteiger partial charge in [0.15, 0.2) is 5.82 Å². The molecule has 0 radical (unpaired) electrons. The molecule has 0 aliphatic rings. The van der Waals surface area contributed by atoms with Gasteiger partial charge in [-0.15, -0.1) is 0 Å². The van der Waals surface area contributed by atoms with Crippen LogP contribution < -0.4 is 5.14 Å². The molecular formula is C9H9BrN4O2S. The van der Waals surface area contributed by atoms with Gasteiger partial charge in [-0.25, -0.2) is 18.7 Å². The molecule has 90 valence electrons. The van der Waals surface area contributed by atoms with E-state index in [2.05, 4.69) is 31.1 Å². The van der Waals surface area contributed by atoms with E-state index in [4.69, 9.17) is 5.14 Å². The molecular weight excluding hydrogens is 308 g/mol. The predicted molar refractivity (Wildman–Crippen MR) is 65.6 cm³/mol. The number of aromatic nitrogens is 3. The van der Waals surface area contributed by atoms with Crippen LogP contribution in [0.15, 0.2) is 27.8 Å². The first-order chi connectivity index (χ1) is 7.88. The highest BCUT2D eigenvalue weighted by atomic mass is 79.9. The molecule has 6 nitrogen and oxygen atoms in total. The monoisotopic (exact) mass is 316 g/mol. The molecule has 0 aliphatic carbocycles. The fraction of sp³-hybridized carbons (Fsp3) is 0.111. The summed E-state index contributed by atoms with van der Waals surface area (Å²) in [5.74, 6) is 0.299. The SMILES string of the molecule is Cc1ccc(Br)cc1-c1n[nH]c(S(N)(=O)=O)n1. The number of hydrogen-bond acceptors (Lipinski definition) is 4. The van der Waals surface area contributed by atoms with Crippen molar-refractivity contribution in [3.05, 3.63) is 28.2 Å². The molecule has 1 aromatic heterocycles. The van der Waals surface area contributed by atoms with E-state index in [-0.39, 0.29) is 5.16 Å². The van der Waals surface area contributed by atoms with E-state index in [0.717, 1.165) is 15.6 Å². The van der Waals surface area contributed by atoms with Crippen LogP contribution in [0.1, 0.15) is 5.56 Å². The number of sulfonamides is 1. The minimum absolute atomic E-state index is 0.299. The molecule has 3 N–H and O–H groups in total. The van der Waals surface area contributed by atoms with Crippen molar-refractivity contribution in [1.82, 2.24) is 15.2 Å². The summed E-state index contributed by atoms with van der Waals surface area (Å²) in [4.78, 5) is 3.85. The van der Waals surface area contributed by atoms with Gasteiger partial charge in [0.1, 0.15) is 0 Å². The van der Waals surface area contributed by atoms with Gasteiger partial charge in [-0.2, -0.15) is 10.1 Å². The third-order valence-corrected chi connectivity index (χ3v) is 3.39. The van der Waals surface area contributed by atoms with Gasteiger partial charge in [0.25, 0.3) is 15.2 Å². The zero-order valence-electron chi connectivity index (χ0n) is 8.81. The van der Waals surface area contributed by atoms with E-state index in [9.17, 15) is 8.42 Å². The van der Waals surface area contributed by atoms with Gasteiger partial charge in [-0.05, 0) is 24.6 Å². The van der Waals surface area contributed by atoms with E-state index >= 15 is 0 Å². The van der Waals surface area contributed by atoms with Gasteiger partial charge < -0.3 is 0 Å². The van der Waals surface area contributed by atoms with Gasteiger partial charge in [0.2, 0.25) is 0 Å². The van der Waals surface area contributed by atoms with Crippen molar-refractivity contribution in [3.63, 3.8) is 0 Å². The molecule has 0 aliphatic heterocycles. The Hall–Kier alpha value is -1.25. The number of rotatable bonds is 2. The number of H-pyrrole nitrogens is 1. The molecule has 2 rings (SSSR count). The van der Waals surface area contributed by atoms with Crippen LogP contribution in [-0.4, -0.2) is 23.6 Å². The number of hydrogen-bond donors (Lipinski definition) is 2. The highest BCUT2D eigenvalue weighted by Crippen LogP contribution is 2.24. The van der Waals surface area contributed by atoms with Crippen molar-refractivity contribution in [3.8, 4) is 11.4 Å². The second kappa shape index (κ2) is 4.21. The van der Waals surface area contributed by atoms with Crippen LogP contribution in [0.4, 0.5) is 0 Å². The first kappa shape index (κ1) is 12.2. The first-order valence-electron chi connectivity index (χ1n) is 4.59. The highest BCUT2D eigenvalue weighted by molar-refractivity contribution is 9.10. The van der Waals surface area contributed by atoms with Crippen LogP contribution in [0.2, 0.25) is 0 Å². The van der Waals surface area contributed by atoms with Gasteiger partial charge in [-0.1, -0.05) is 22.0 Å². The third-order valence-electron chi connectivity index (χ3n) is 2.17.